The molecule has 5 heteroatoms. The first kappa shape index (κ1) is 10.1. The summed E-state index contributed by atoms with van der Waals surface area (Å²) >= 11 is 0. The number of carbonyl (C=O) groups excluding carboxylic acids is 1. The molecule has 1 aromatic heterocycles. The second kappa shape index (κ2) is 3.32. The average molecular weight is 214 g/mol. The van der Waals surface area contributed by atoms with Crippen LogP contribution < -0.4 is 5.32 Å². The van der Waals surface area contributed by atoms with Crippen molar-refractivity contribution in [2.24, 2.45) is 7.05 Å². The van der Waals surface area contributed by atoms with Crippen molar-refractivity contribution in [2.45, 2.75) is 24.8 Å². The quantitative estimate of drug-likeness (QED) is 0.796. The lowest BCUT2D eigenvalue weighted by atomic mass is 9.88. The Morgan fingerprint density at radius 2 is 2.27 bits per heavy atom. The molecule has 0 saturated heterocycles. The molecule has 1 aliphatic rings. The van der Waals surface area contributed by atoms with Crippen LogP contribution in [0.3, 0.4) is 0 Å². The largest absolute Gasteiger partial charge is 0.356 e. The fourth-order valence-electron chi connectivity index (χ4n) is 1.67. The third-order valence-corrected chi connectivity index (χ3v) is 2.52. The topological polar surface area (TPSA) is 34.0 Å². The highest BCUT2D eigenvalue weighted by molar-refractivity contribution is 5.94. The molecule has 1 amide bonds. The zero-order valence-electron chi connectivity index (χ0n) is 8.34. The van der Waals surface area contributed by atoms with Gasteiger partial charge in [-0.25, -0.2) is 8.78 Å². The smallest absolute Gasteiger partial charge is 0.253 e. The fraction of sp³-hybridized carbons (Fsp3) is 0.500. The van der Waals surface area contributed by atoms with Crippen LogP contribution in [0.15, 0.2) is 18.5 Å². The summed E-state index contributed by atoms with van der Waals surface area (Å²) in [6.45, 7) is 0. The standard InChI is InChI=1S/C10H12F2N2O/c1-14-3-2-7(6-14)9(15)13-8-4-10(11,12)5-8/h2-3,6,8H,4-5H2,1H3,(H,13,15). The van der Waals surface area contributed by atoms with Crippen molar-refractivity contribution >= 4 is 5.91 Å². The Morgan fingerprint density at radius 1 is 1.60 bits per heavy atom. The Bertz CT molecular complexity index is 379. The normalized spacial score (nSPS) is 19.7. The Kier molecular flexibility index (Phi) is 2.25. The molecule has 1 saturated carbocycles. The summed E-state index contributed by atoms with van der Waals surface area (Å²) in [6, 6.07) is 1.28. The highest BCUT2D eigenvalue weighted by Crippen LogP contribution is 2.37. The summed E-state index contributed by atoms with van der Waals surface area (Å²) in [5.74, 6) is -2.87. The van der Waals surface area contributed by atoms with Gasteiger partial charge in [0, 0.05) is 38.3 Å². The van der Waals surface area contributed by atoms with Gasteiger partial charge in [0.05, 0.1) is 5.56 Å². The molecule has 0 unspecified atom stereocenters. The summed E-state index contributed by atoms with van der Waals surface area (Å²) in [7, 11) is 1.80. The van der Waals surface area contributed by atoms with Crippen molar-refractivity contribution in [3.8, 4) is 0 Å². The summed E-state index contributed by atoms with van der Waals surface area (Å²) in [5.41, 5.74) is 0.507. The molecule has 1 heterocycles. The monoisotopic (exact) mass is 214 g/mol. The maximum atomic E-state index is 12.5. The van der Waals surface area contributed by atoms with Gasteiger partial charge in [-0.3, -0.25) is 4.79 Å². The predicted octanol–water partition coefficient (Wildman–Crippen LogP) is 1.55. The van der Waals surface area contributed by atoms with E-state index in [4.69, 9.17) is 0 Å². The second-order valence-electron chi connectivity index (χ2n) is 4.00. The van der Waals surface area contributed by atoms with E-state index in [1.54, 1.807) is 30.1 Å². The number of hydrogen-bond donors (Lipinski definition) is 1. The number of aromatic nitrogens is 1. The molecule has 1 aliphatic carbocycles. The Hall–Kier alpha value is -1.39. The van der Waals surface area contributed by atoms with Crippen molar-refractivity contribution in [2.75, 3.05) is 0 Å². The minimum atomic E-state index is -2.59. The highest BCUT2D eigenvalue weighted by Gasteiger charge is 2.45. The van der Waals surface area contributed by atoms with Gasteiger partial charge in [-0.05, 0) is 6.07 Å². The number of alkyl halides is 2. The number of rotatable bonds is 2. The number of hydrogen-bond acceptors (Lipinski definition) is 1. The molecule has 0 bridgehead atoms. The molecule has 0 aliphatic heterocycles. The van der Waals surface area contributed by atoms with E-state index < -0.39 is 5.92 Å². The van der Waals surface area contributed by atoms with E-state index in [0.717, 1.165) is 0 Å². The minimum Gasteiger partial charge on any atom is -0.356 e. The SMILES string of the molecule is Cn1ccc(C(=O)NC2CC(F)(F)C2)c1. The molecule has 3 nitrogen and oxygen atoms in total. The summed E-state index contributed by atoms with van der Waals surface area (Å²) in [4.78, 5) is 11.5. The van der Waals surface area contributed by atoms with E-state index in [0.29, 0.717) is 5.56 Å². The minimum absolute atomic E-state index is 0.244. The third kappa shape index (κ3) is 2.16. The van der Waals surface area contributed by atoms with Gasteiger partial charge in [0.15, 0.2) is 0 Å². The van der Waals surface area contributed by atoms with Crippen molar-refractivity contribution in [1.82, 2.24) is 9.88 Å². The first-order valence-electron chi connectivity index (χ1n) is 4.77. The number of amides is 1. The molecular formula is C10H12F2N2O. The second-order valence-corrected chi connectivity index (χ2v) is 4.00. The molecular weight excluding hydrogens is 202 g/mol. The van der Waals surface area contributed by atoms with Crippen molar-refractivity contribution in [3.63, 3.8) is 0 Å². The van der Waals surface area contributed by atoms with E-state index in [2.05, 4.69) is 5.32 Å². The van der Waals surface area contributed by atoms with Crippen LogP contribution in [-0.4, -0.2) is 22.4 Å². The van der Waals surface area contributed by atoms with Crippen LogP contribution in [0.4, 0.5) is 8.78 Å². The molecule has 1 N–H and O–H groups in total. The van der Waals surface area contributed by atoms with Crippen molar-refractivity contribution in [1.29, 1.82) is 0 Å². The van der Waals surface area contributed by atoms with E-state index in [1.807, 2.05) is 0 Å². The first-order valence-corrected chi connectivity index (χ1v) is 4.77. The lowest BCUT2D eigenvalue weighted by Gasteiger charge is -2.35. The lowest BCUT2D eigenvalue weighted by Crippen LogP contribution is -2.50. The van der Waals surface area contributed by atoms with E-state index in [9.17, 15) is 13.6 Å². The van der Waals surface area contributed by atoms with Gasteiger partial charge in [-0.1, -0.05) is 0 Å². The molecule has 82 valence electrons. The van der Waals surface area contributed by atoms with Gasteiger partial charge in [0.1, 0.15) is 0 Å². The summed E-state index contributed by atoms with van der Waals surface area (Å²) in [5, 5.41) is 2.57. The van der Waals surface area contributed by atoms with Gasteiger partial charge < -0.3 is 9.88 Å². The lowest BCUT2D eigenvalue weighted by molar-refractivity contribution is -0.0901. The number of halogens is 2. The molecule has 1 aromatic rings. The van der Waals surface area contributed by atoms with Crippen molar-refractivity contribution in [3.05, 3.63) is 24.0 Å². The van der Waals surface area contributed by atoms with Crippen LogP contribution in [0.1, 0.15) is 23.2 Å². The molecule has 0 radical (unpaired) electrons. The highest BCUT2D eigenvalue weighted by atomic mass is 19.3. The molecule has 0 spiro atoms. The Labute approximate surface area is 86.1 Å². The number of nitrogens with zero attached hydrogens (tertiary/aromatic N) is 1. The average Bonchev–Trinajstić information content (AvgIpc) is 2.48. The zero-order chi connectivity index (χ0) is 11.1. The van der Waals surface area contributed by atoms with Crippen LogP contribution in [0.5, 0.6) is 0 Å². The van der Waals surface area contributed by atoms with Crippen LogP contribution in [-0.2, 0) is 7.05 Å². The van der Waals surface area contributed by atoms with Crippen LogP contribution in [0, 0.1) is 0 Å². The maximum absolute atomic E-state index is 12.5. The maximum Gasteiger partial charge on any atom is 0.253 e. The van der Waals surface area contributed by atoms with Gasteiger partial charge in [0.2, 0.25) is 0 Å². The van der Waals surface area contributed by atoms with Crippen LogP contribution in [0.2, 0.25) is 0 Å². The predicted molar refractivity (Wildman–Crippen MR) is 50.8 cm³/mol. The zero-order valence-corrected chi connectivity index (χ0v) is 8.34. The molecule has 15 heavy (non-hydrogen) atoms. The molecule has 1 fully saturated rings. The van der Waals surface area contributed by atoms with Crippen LogP contribution in [0.25, 0.3) is 0 Å². The summed E-state index contributed by atoms with van der Waals surface area (Å²) in [6.07, 6.45) is 2.91. The molecule has 0 atom stereocenters. The third-order valence-electron chi connectivity index (χ3n) is 2.52. The van der Waals surface area contributed by atoms with Gasteiger partial charge in [-0.2, -0.15) is 0 Å². The number of carbonyl (C=O) groups is 1. The van der Waals surface area contributed by atoms with Gasteiger partial charge >= 0.3 is 0 Å². The van der Waals surface area contributed by atoms with Crippen LogP contribution >= 0.6 is 0 Å². The van der Waals surface area contributed by atoms with Crippen molar-refractivity contribution < 1.29 is 13.6 Å². The Morgan fingerprint density at radius 3 is 2.73 bits per heavy atom. The number of aryl methyl sites for hydroxylation is 1. The number of nitrogens with one attached hydrogen (secondary N) is 1. The van der Waals surface area contributed by atoms with Gasteiger partial charge in [-0.15, -0.1) is 0 Å². The van der Waals surface area contributed by atoms with E-state index in [-0.39, 0.29) is 24.8 Å². The first-order chi connectivity index (χ1) is 6.96. The molecule has 2 rings (SSSR count). The van der Waals surface area contributed by atoms with E-state index in [1.165, 1.54) is 0 Å². The molecule has 0 aromatic carbocycles. The fourth-order valence-corrected chi connectivity index (χ4v) is 1.67. The van der Waals surface area contributed by atoms with Gasteiger partial charge in [0.25, 0.3) is 11.8 Å². The summed E-state index contributed by atoms with van der Waals surface area (Å²) < 4.78 is 26.7. The van der Waals surface area contributed by atoms with E-state index >= 15 is 0 Å². The Balaban J connectivity index is 1.89.